The highest BCUT2D eigenvalue weighted by molar-refractivity contribution is 6.03. The van der Waals surface area contributed by atoms with Crippen LogP contribution in [0.4, 0.5) is 15.8 Å². The molecular weight excluding hydrogens is 385 g/mol. The number of benzene rings is 1. The Balaban J connectivity index is 1.43. The smallest absolute Gasteiger partial charge is 0.232 e. The number of H-pyrrole nitrogens is 1. The molecule has 0 spiro atoms. The van der Waals surface area contributed by atoms with E-state index in [1.165, 1.54) is 12.1 Å². The molecule has 30 heavy (non-hydrogen) atoms. The second-order valence-corrected chi connectivity index (χ2v) is 8.10. The van der Waals surface area contributed by atoms with E-state index in [2.05, 4.69) is 25.8 Å². The quantitative estimate of drug-likeness (QED) is 0.585. The Hall–Kier alpha value is -2.71. The Morgan fingerprint density at radius 1 is 1.27 bits per heavy atom. The zero-order valence-corrected chi connectivity index (χ0v) is 17.4. The Kier molecular flexibility index (Phi) is 5.87. The molecule has 1 saturated heterocycles. The molecule has 1 aromatic heterocycles. The first-order valence-electron chi connectivity index (χ1n) is 10.4. The lowest BCUT2D eigenvalue weighted by atomic mass is 9.94. The second-order valence-electron chi connectivity index (χ2n) is 8.10. The van der Waals surface area contributed by atoms with Crippen LogP contribution in [0, 0.1) is 19.7 Å². The molecule has 160 valence electrons. The number of rotatable bonds is 6. The SMILES string of the molecule is Cc1[nH]c(CC2C(=O)Nc3ccc(F)cc32)c(C)c1NC(=O)CCN1CCNCC1. The van der Waals surface area contributed by atoms with E-state index in [4.69, 9.17) is 0 Å². The number of nitrogens with zero attached hydrogens (tertiary/aromatic N) is 1. The van der Waals surface area contributed by atoms with Gasteiger partial charge in [0, 0.05) is 62.6 Å². The zero-order valence-electron chi connectivity index (χ0n) is 17.4. The minimum atomic E-state index is -0.455. The van der Waals surface area contributed by atoms with E-state index in [9.17, 15) is 14.0 Å². The number of fused-ring (bicyclic) bond motifs is 1. The van der Waals surface area contributed by atoms with E-state index in [1.807, 2.05) is 13.8 Å². The van der Waals surface area contributed by atoms with Crippen molar-refractivity contribution >= 4 is 23.2 Å². The third kappa shape index (κ3) is 4.24. The molecule has 0 aliphatic carbocycles. The van der Waals surface area contributed by atoms with Crippen molar-refractivity contribution in [1.82, 2.24) is 15.2 Å². The molecule has 0 saturated carbocycles. The molecule has 7 nitrogen and oxygen atoms in total. The molecule has 2 aromatic rings. The number of hydrogen-bond donors (Lipinski definition) is 4. The molecule has 0 radical (unpaired) electrons. The predicted molar refractivity (Wildman–Crippen MR) is 114 cm³/mol. The highest BCUT2D eigenvalue weighted by Crippen LogP contribution is 2.36. The number of amides is 2. The third-order valence-electron chi connectivity index (χ3n) is 6.04. The first kappa shape index (κ1) is 20.6. The van der Waals surface area contributed by atoms with Gasteiger partial charge in [-0.1, -0.05) is 0 Å². The van der Waals surface area contributed by atoms with E-state index < -0.39 is 5.92 Å². The van der Waals surface area contributed by atoms with Crippen LogP contribution in [0.5, 0.6) is 0 Å². The highest BCUT2D eigenvalue weighted by Gasteiger charge is 2.32. The number of piperazine rings is 1. The molecule has 0 bridgehead atoms. The topological polar surface area (TPSA) is 89.3 Å². The fourth-order valence-corrected chi connectivity index (χ4v) is 4.31. The number of halogens is 1. The maximum atomic E-state index is 13.7. The molecule has 3 heterocycles. The van der Waals surface area contributed by atoms with Crippen LogP contribution in [-0.2, 0) is 16.0 Å². The summed E-state index contributed by atoms with van der Waals surface area (Å²) >= 11 is 0. The fraction of sp³-hybridized carbons (Fsp3) is 0.455. The van der Waals surface area contributed by atoms with Gasteiger partial charge in [0.15, 0.2) is 0 Å². The van der Waals surface area contributed by atoms with Crippen LogP contribution in [-0.4, -0.2) is 54.4 Å². The number of carbonyl (C=O) groups is 2. The number of aryl methyl sites for hydroxylation is 1. The van der Waals surface area contributed by atoms with Crippen molar-refractivity contribution in [3.8, 4) is 0 Å². The number of anilines is 2. The lowest BCUT2D eigenvalue weighted by Crippen LogP contribution is -2.44. The zero-order chi connectivity index (χ0) is 21.3. The molecule has 4 N–H and O–H groups in total. The Morgan fingerprint density at radius 2 is 2.03 bits per heavy atom. The van der Waals surface area contributed by atoms with Crippen molar-refractivity contribution < 1.29 is 14.0 Å². The predicted octanol–water partition coefficient (Wildman–Crippen LogP) is 2.28. The van der Waals surface area contributed by atoms with E-state index in [1.54, 1.807) is 6.07 Å². The summed E-state index contributed by atoms with van der Waals surface area (Å²) in [5, 5.41) is 9.15. The number of nitrogens with one attached hydrogen (secondary N) is 4. The summed E-state index contributed by atoms with van der Waals surface area (Å²) in [5.74, 6) is -0.962. The first-order valence-corrected chi connectivity index (χ1v) is 10.4. The van der Waals surface area contributed by atoms with Gasteiger partial charge in [-0.2, -0.15) is 0 Å². The standard InChI is InChI=1S/C22H28FN5O2/c1-13-19(12-17-16-11-15(23)3-4-18(16)26-22(17)30)25-14(2)21(13)27-20(29)5-8-28-9-6-24-7-10-28/h3-4,11,17,24-25H,5-10,12H2,1-2H3,(H,26,30)(H,27,29). The minimum Gasteiger partial charge on any atom is -0.360 e. The summed E-state index contributed by atoms with van der Waals surface area (Å²) in [7, 11) is 0. The number of hydrogen-bond acceptors (Lipinski definition) is 4. The average molecular weight is 413 g/mol. The van der Waals surface area contributed by atoms with Crippen molar-refractivity contribution in [2.75, 3.05) is 43.4 Å². The van der Waals surface area contributed by atoms with E-state index in [0.717, 1.165) is 55.4 Å². The summed E-state index contributed by atoms with van der Waals surface area (Å²) in [4.78, 5) is 30.5. The van der Waals surface area contributed by atoms with E-state index in [-0.39, 0.29) is 17.6 Å². The summed E-state index contributed by atoms with van der Waals surface area (Å²) in [5.41, 5.74) is 4.76. The van der Waals surface area contributed by atoms with Crippen molar-refractivity contribution in [2.24, 2.45) is 0 Å². The molecule has 1 fully saturated rings. The van der Waals surface area contributed by atoms with Crippen molar-refractivity contribution in [2.45, 2.75) is 32.6 Å². The van der Waals surface area contributed by atoms with Gasteiger partial charge in [0.25, 0.3) is 0 Å². The van der Waals surface area contributed by atoms with Gasteiger partial charge in [-0.05, 0) is 43.2 Å². The van der Waals surface area contributed by atoms with Crippen molar-refractivity contribution in [3.63, 3.8) is 0 Å². The van der Waals surface area contributed by atoms with Crippen LogP contribution in [0.25, 0.3) is 0 Å². The maximum Gasteiger partial charge on any atom is 0.232 e. The number of aromatic nitrogens is 1. The molecule has 8 heteroatoms. The van der Waals surface area contributed by atoms with Crippen LogP contribution in [0.3, 0.4) is 0 Å². The molecule has 1 atom stereocenters. The van der Waals surface area contributed by atoms with Gasteiger partial charge in [-0.15, -0.1) is 0 Å². The highest BCUT2D eigenvalue weighted by atomic mass is 19.1. The minimum absolute atomic E-state index is 0.0173. The molecule has 4 rings (SSSR count). The second kappa shape index (κ2) is 8.57. The van der Waals surface area contributed by atoms with Gasteiger partial charge in [0.2, 0.25) is 11.8 Å². The maximum absolute atomic E-state index is 13.7. The molecule has 2 aliphatic rings. The summed E-state index contributed by atoms with van der Waals surface area (Å²) in [6.07, 6.45) is 0.864. The van der Waals surface area contributed by atoms with Gasteiger partial charge in [-0.3, -0.25) is 9.59 Å². The van der Waals surface area contributed by atoms with Crippen LogP contribution < -0.4 is 16.0 Å². The van der Waals surface area contributed by atoms with Crippen molar-refractivity contribution in [1.29, 1.82) is 0 Å². The average Bonchev–Trinajstić information content (AvgIpc) is 3.18. The lowest BCUT2D eigenvalue weighted by Gasteiger charge is -2.26. The summed E-state index contributed by atoms with van der Waals surface area (Å²) in [6.45, 7) is 8.43. The Morgan fingerprint density at radius 3 is 2.80 bits per heavy atom. The number of carbonyl (C=O) groups excluding carboxylic acids is 2. The van der Waals surface area contributed by atoms with Crippen LogP contribution in [0.15, 0.2) is 18.2 Å². The summed E-state index contributed by atoms with van der Waals surface area (Å²) < 4.78 is 13.7. The van der Waals surface area contributed by atoms with Crippen LogP contribution >= 0.6 is 0 Å². The largest absolute Gasteiger partial charge is 0.360 e. The molecule has 1 unspecified atom stereocenters. The van der Waals surface area contributed by atoms with E-state index >= 15 is 0 Å². The molecular formula is C22H28FN5O2. The normalized spacial score (nSPS) is 18.9. The van der Waals surface area contributed by atoms with Gasteiger partial charge in [0.1, 0.15) is 5.82 Å². The first-order chi connectivity index (χ1) is 14.4. The Bertz CT molecular complexity index is 965. The fourth-order valence-electron chi connectivity index (χ4n) is 4.31. The van der Waals surface area contributed by atoms with Gasteiger partial charge in [0.05, 0.1) is 11.6 Å². The monoisotopic (exact) mass is 413 g/mol. The van der Waals surface area contributed by atoms with Gasteiger partial charge < -0.3 is 25.8 Å². The summed E-state index contributed by atoms with van der Waals surface area (Å²) in [6, 6.07) is 4.36. The van der Waals surface area contributed by atoms with Gasteiger partial charge in [-0.25, -0.2) is 4.39 Å². The molecule has 1 aromatic carbocycles. The number of aromatic amines is 1. The van der Waals surface area contributed by atoms with Crippen LogP contribution in [0.2, 0.25) is 0 Å². The lowest BCUT2D eigenvalue weighted by molar-refractivity contribution is -0.117. The van der Waals surface area contributed by atoms with Gasteiger partial charge >= 0.3 is 0 Å². The third-order valence-corrected chi connectivity index (χ3v) is 6.04. The van der Waals surface area contributed by atoms with Crippen LogP contribution in [0.1, 0.15) is 34.9 Å². The van der Waals surface area contributed by atoms with Crippen molar-refractivity contribution in [3.05, 3.63) is 46.5 Å². The Labute approximate surface area is 175 Å². The molecule has 2 aliphatic heterocycles. The molecule has 2 amide bonds. The van der Waals surface area contributed by atoms with E-state index in [0.29, 0.717) is 24.1 Å².